The quantitative estimate of drug-likeness (QED) is 0.416. The van der Waals surface area contributed by atoms with Crippen LogP contribution in [-0.2, 0) is 0 Å². The van der Waals surface area contributed by atoms with Crippen molar-refractivity contribution in [1.82, 2.24) is 0 Å². The normalized spacial score (nSPS) is 11.6. The molecule has 2 aliphatic rings. The lowest BCUT2D eigenvalue weighted by atomic mass is 10.1. The molecule has 1 nitrogen and oxygen atoms in total. The van der Waals surface area contributed by atoms with Gasteiger partial charge in [-0.15, -0.1) is 0 Å². The third-order valence-corrected chi connectivity index (χ3v) is 3.49. The van der Waals surface area contributed by atoms with Crippen LogP contribution in [-0.4, -0.2) is 0 Å². The van der Waals surface area contributed by atoms with Crippen molar-refractivity contribution in [3.63, 3.8) is 0 Å². The number of rotatable bonds is 0. The molecule has 0 radical (unpaired) electrons. The summed E-state index contributed by atoms with van der Waals surface area (Å²) in [6.45, 7) is 2.10. The van der Waals surface area contributed by atoms with E-state index in [1.54, 1.807) is 0 Å². The van der Waals surface area contributed by atoms with Gasteiger partial charge in [-0.05, 0) is 42.0 Å². The van der Waals surface area contributed by atoms with Gasteiger partial charge in [-0.3, -0.25) is 0 Å². The molecule has 0 saturated heterocycles. The molecule has 0 saturated carbocycles. The van der Waals surface area contributed by atoms with Crippen molar-refractivity contribution < 1.29 is 4.42 Å². The summed E-state index contributed by atoms with van der Waals surface area (Å²) < 4.78 is 5.99. The molecule has 0 N–H and O–H groups in total. The Morgan fingerprint density at radius 2 is 1.72 bits per heavy atom. The molecule has 1 heteroatoms. The maximum atomic E-state index is 5.99. The molecule has 0 atom stereocenters. The van der Waals surface area contributed by atoms with E-state index in [0.717, 1.165) is 11.3 Å². The lowest BCUT2D eigenvalue weighted by Crippen LogP contribution is -1.79. The molecule has 0 unspecified atom stereocenters. The van der Waals surface area contributed by atoms with Gasteiger partial charge in [0.25, 0.3) is 0 Å². The van der Waals surface area contributed by atoms with Gasteiger partial charge in [-0.25, -0.2) is 0 Å². The predicted octanol–water partition coefficient (Wildman–Crippen LogP) is 5.00. The van der Waals surface area contributed by atoms with Crippen LogP contribution >= 0.6 is 0 Å². The second-order valence-corrected chi connectivity index (χ2v) is 4.80. The Labute approximate surface area is 105 Å². The number of fused-ring (bicyclic) bond motifs is 4. The van der Waals surface area contributed by atoms with Crippen LogP contribution in [0.4, 0.5) is 0 Å². The van der Waals surface area contributed by atoms with Gasteiger partial charge < -0.3 is 4.42 Å². The summed E-state index contributed by atoms with van der Waals surface area (Å²) in [5.41, 5.74) is 3.40. The van der Waals surface area contributed by atoms with Gasteiger partial charge in [0.1, 0.15) is 11.3 Å². The second kappa shape index (κ2) is 3.36. The standard InChI is InChI=1S/C17H12O/c1-11-6-7-16-13(8-11)9-15-14-5-3-2-4-12(14)10-17(15)18-16/h2-10H,1H3. The summed E-state index contributed by atoms with van der Waals surface area (Å²) in [5.74, 6) is 0.965. The fraction of sp³-hybridized carbons (Fsp3) is 0.0588. The molecule has 2 aromatic rings. The van der Waals surface area contributed by atoms with Crippen LogP contribution in [0.5, 0.6) is 0 Å². The van der Waals surface area contributed by atoms with Crippen molar-refractivity contribution in [2.45, 2.75) is 6.92 Å². The van der Waals surface area contributed by atoms with E-state index in [2.05, 4.69) is 55.5 Å². The Morgan fingerprint density at radius 1 is 0.833 bits per heavy atom. The molecule has 0 bridgehead atoms. The van der Waals surface area contributed by atoms with Gasteiger partial charge in [0.2, 0.25) is 0 Å². The van der Waals surface area contributed by atoms with Crippen molar-refractivity contribution >= 4 is 21.7 Å². The Bertz CT molecular complexity index is 839. The minimum absolute atomic E-state index is 0.948. The molecular weight excluding hydrogens is 220 g/mol. The molecule has 18 heavy (non-hydrogen) atoms. The zero-order valence-corrected chi connectivity index (χ0v) is 10.1. The number of aryl methyl sites for hydroxylation is 1. The summed E-state index contributed by atoms with van der Waals surface area (Å²) in [7, 11) is 0. The van der Waals surface area contributed by atoms with Crippen LogP contribution < -0.4 is 0 Å². The summed E-state index contributed by atoms with van der Waals surface area (Å²) >= 11 is 0. The van der Waals surface area contributed by atoms with E-state index < -0.39 is 0 Å². The van der Waals surface area contributed by atoms with Crippen molar-refractivity contribution in [1.29, 1.82) is 0 Å². The molecule has 1 heterocycles. The molecule has 1 aliphatic heterocycles. The average molecular weight is 232 g/mol. The summed E-state index contributed by atoms with van der Waals surface area (Å²) in [6, 6.07) is 19.0. The van der Waals surface area contributed by atoms with Crippen molar-refractivity contribution in [3.8, 4) is 11.3 Å². The lowest BCUT2D eigenvalue weighted by Gasteiger charge is -2.04. The Hall–Kier alpha value is -2.28. The van der Waals surface area contributed by atoms with Crippen LogP contribution in [0.3, 0.4) is 0 Å². The average Bonchev–Trinajstić information content (AvgIpc) is 2.74. The van der Waals surface area contributed by atoms with Gasteiger partial charge in [0, 0.05) is 10.9 Å². The minimum atomic E-state index is 0.948. The highest BCUT2D eigenvalue weighted by atomic mass is 16.3. The van der Waals surface area contributed by atoms with Gasteiger partial charge >= 0.3 is 0 Å². The highest BCUT2D eigenvalue weighted by Gasteiger charge is 2.12. The molecule has 0 aromatic heterocycles. The first-order chi connectivity index (χ1) is 8.81. The molecular formula is C17H12O. The first-order valence-electron chi connectivity index (χ1n) is 6.13. The molecule has 0 fully saturated rings. The Kier molecular flexibility index (Phi) is 1.81. The molecule has 4 rings (SSSR count). The highest BCUT2D eigenvalue weighted by molar-refractivity contribution is 6.03. The van der Waals surface area contributed by atoms with E-state index in [4.69, 9.17) is 4.42 Å². The fourth-order valence-electron chi connectivity index (χ4n) is 2.60. The molecule has 2 aromatic carbocycles. The van der Waals surface area contributed by atoms with Gasteiger partial charge in [0.05, 0.1) is 0 Å². The van der Waals surface area contributed by atoms with Crippen LogP contribution in [0.2, 0.25) is 0 Å². The maximum absolute atomic E-state index is 5.99. The topological polar surface area (TPSA) is 13.1 Å². The third-order valence-electron chi connectivity index (χ3n) is 3.49. The number of hydrogen-bond donors (Lipinski definition) is 0. The monoisotopic (exact) mass is 232 g/mol. The summed E-state index contributed by atoms with van der Waals surface area (Å²) in [4.78, 5) is 0. The number of hydrogen-bond acceptors (Lipinski definition) is 1. The van der Waals surface area contributed by atoms with Gasteiger partial charge in [0.15, 0.2) is 0 Å². The highest BCUT2D eigenvalue weighted by Crippen LogP contribution is 2.37. The Balaban J connectivity index is 2.21. The minimum Gasteiger partial charge on any atom is -0.456 e. The number of benzene rings is 2. The largest absolute Gasteiger partial charge is 0.456 e. The molecule has 0 amide bonds. The third kappa shape index (κ3) is 1.28. The first-order valence-corrected chi connectivity index (χ1v) is 6.13. The smallest absolute Gasteiger partial charge is 0.135 e. The predicted molar refractivity (Wildman–Crippen MR) is 75.1 cm³/mol. The zero-order valence-electron chi connectivity index (χ0n) is 10.1. The van der Waals surface area contributed by atoms with E-state index in [0.29, 0.717) is 0 Å². The van der Waals surface area contributed by atoms with E-state index >= 15 is 0 Å². The van der Waals surface area contributed by atoms with E-state index in [-0.39, 0.29) is 0 Å². The van der Waals surface area contributed by atoms with Crippen molar-refractivity contribution in [2.75, 3.05) is 0 Å². The van der Waals surface area contributed by atoms with Gasteiger partial charge in [-0.1, -0.05) is 35.9 Å². The maximum Gasteiger partial charge on any atom is 0.135 e. The van der Waals surface area contributed by atoms with E-state index in [1.807, 2.05) is 6.07 Å². The van der Waals surface area contributed by atoms with E-state index in [9.17, 15) is 0 Å². The van der Waals surface area contributed by atoms with Crippen LogP contribution in [0.1, 0.15) is 5.56 Å². The van der Waals surface area contributed by atoms with E-state index in [1.165, 1.54) is 27.3 Å². The van der Waals surface area contributed by atoms with Crippen LogP contribution in [0.15, 0.2) is 59.0 Å². The molecule has 1 aliphatic carbocycles. The summed E-state index contributed by atoms with van der Waals surface area (Å²) in [5, 5.41) is 3.67. The molecule has 86 valence electrons. The summed E-state index contributed by atoms with van der Waals surface area (Å²) in [6.07, 6.45) is 0. The first kappa shape index (κ1) is 9.72. The Morgan fingerprint density at radius 3 is 2.67 bits per heavy atom. The zero-order chi connectivity index (χ0) is 12.1. The van der Waals surface area contributed by atoms with Crippen molar-refractivity contribution in [2.24, 2.45) is 0 Å². The van der Waals surface area contributed by atoms with Crippen LogP contribution in [0.25, 0.3) is 33.1 Å². The lowest BCUT2D eigenvalue weighted by molar-refractivity contribution is 0.622. The second-order valence-electron chi connectivity index (χ2n) is 4.80. The van der Waals surface area contributed by atoms with Crippen LogP contribution in [0, 0.1) is 6.92 Å². The van der Waals surface area contributed by atoms with Crippen molar-refractivity contribution in [3.05, 3.63) is 60.2 Å². The SMILES string of the molecule is Cc1ccc2oc3cc4ccccc4c-3cc2c1. The molecule has 0 spiro atoms. The van der Waals surface area contributed by atoms with Gasteiger partial charge in [-0.2, -0.15) is 0 Å². The fourth-order valence-corrected chi connectivity index (χ4v) is 2.60.